The standard InChI is InChI=1S/C17H15BrN6O3/c1-23-9-19-12-7-20-24(17(26)16(12)23)8-15-21-14(22-27-15)6-13(25)10-2-4-11(18)5-3-10/h2-5,7,9,13,25H,6,8H2,1H3/t13-/m0/s1. The normalized spacial score (nSPS) is 12.6. The molecule has 0 amide bonds. The highest BCUT2D eigenvalue weighted by atomic mass is 79.9. The molecule has 27 heavy (non-hydrogen) atoms. The first-order valence-corrected chi connectivity index (χ1v) is 8.92. The van der Waals surface area contributed by atoms with E-state index >= 15 is 0 Å². The zero-order chi connectivity index (χ0) is 19.0. The third-order valence-electron chi connectivity index (χ3n) is 4.15. The lowest BCUT2D eigenvalue weighted by molar-refractivity contribution is 0.174. The Hall–Kier alpha value is -2.85. The predicted molar refractivity (Wildman–Crippen MR) is 99.0 cm³/mol. The molecule has 1 atom stereocenters. The van der Waals surface area contributed by atoms with Crippen molar-refractivity contribution in [2.75, 3.05) is 0 Å². The quantitative estimate of drug-likeness (QED) is 0.511. The highest BCUT2D eigenvalue weighted by Crippen LogP contribution is 2.19. The summed E-state index contributed by atoms with van der Waals surface area (Å²) in [5.41, 5.74) is 1.45. The molecule has 9 nitrogen and oxygen atoms in total. The molecule has 1 N–H and O–H groups in total. The Labute approximate surface area is 161 Å². The molecule has 0 radical (unpaired) electrons. The number of benzene rings is 1. The highest BCUT2D eigenvalue weighted by Gasteiger charge is 2.16. The summed E-state index contributed by atoms with van der Waals surface area (Å²) in [5.74, 6) is 0.596. The topological polar surface area (TPSA) is 112 Å². The van der Waals surface area contributed by atoms with Crippen LogP contribution >= 0.6 is 15.9 Å². The van der Waals surface area contributed by atoms with Gasteiger partial charge in [0.1, 0.15) is 17.6 Å². The van der Waals surface area contributed by atoms with Crippen molar-refractivity contribution in [2.45, 2.75) is 19.1 Å². The monoisotopic (exact) mass is 430 g/mol. The van der Waals surface area contributed by atoms with E-state index in [9.17, 15) is 9.90 Å². The lowest BCUT2D eigenvalue weighted by Gasteiger charge is -2.08. The van der Waals surface area contributed by atoms with Crippen LogP contribution in [0.15, 0.2) is 50.6 Å². The van der Waals surface area contributed by atoms with Crippen molar-refractivity contribution in [3.8, 4) is 0 Å². The number of rotatable bonds is 5. The molecule has 3 aromatic heterocycles. The molecule has 4 aromatic rings. The van der Waals surface area contributed by atoms with E-state index in [1.165, 1.54) is 10.9 Å². The van der Waals surface area contributed by atoms with Crippen LogP contribution < -0.4 is 5.56 Å². The molecule has 0 fully saturated rings. The van der Waals surface area contributed by atoms with Gasteiger partial charge in [0.15, 0.2) is 5.82 Å². The van der Waals surface area contributed by atoms with Crippen LogP contribution in [0.2, 0.25) is 0 Å². The van der Waals surface area contributed by atoms with Crippen molar-refractivity contribution in [1.29, 1.82) is 0 Å². The number of hydrogen-bond acceptors (Lipinski definition) is 7. The maximum Gasteiger partial charge on any atom is 0.293 e. The van der Waals surface area contributed by atoms with E-state index in [0.29, 0.717) is 16.9 Å². The van der Waals surface area contributed by atoms with E-state index < -0.39 is 6.10 Å². The Morgan fingerprint density at radius 1 is 1.30 bits per heavy atom. The number of nitrogens with zero attached hydrogens (tertiary/aromatic N) is 6. The van der Waals surface area contributed by atoms with Crippen LogP contribution in [0.3, 0.4) is 0 Å². The second-order valence-corrected chi connectivity index (χ2v) is 6.99. The van der Waals surface area contributed by atoms with E-state index in [4.69, 9.17) is 4.52 Å². The summed E-state index contributed by atoms with van der Waals surface area (Å²) in [6, 6.07) is 7.35. The van der Waals surface area contributed by atoms with Crippen molar-refractivity contribution < 1.29 is 9.63 Å². The van der Waals surface area contributed by atoms with Gasteiger partial charge in [-0.05, 0) is 17.7 Å². The van der Waals surface area contributed by atoms with Gasteiger partial charge in [0.25, 0.3) is 5.56 Å². The number of aryl methyl sites for hydroxylation is 1. The molecule has 3 heterocycles. The van der Waals surface area contributed by atoms with Crippen LogP contribution in [-0.2, 0) is 20.0 Å². The summed E-state index contributed by atoms with van der Waals surface area (Å²) >= 11 is 3.36. The fourth-order valence-electron chi connectivity index (χ4n) is 2.76. The van der Waals surface area contributed by atoms with Gasteiger partial charge in [0.2, 0.25) is 5.89 Å². The summed E-state index contributed by atoms with van der Waals surface area (Å²) in [5, 5.41) is 18.3. The first-order valence-electron chi connectivity index (χ1n) is 8.13. The van der Waals surface area contributed by atoms with Gasteiger partial charge in [-0.3, -0.25) is 4.79 Å². The molecule has 0 unspecified atom stereocenters. The van der Waals surface area contributed by atoms with E-state index in [1.54, 1.807) is 17.9 Å². The van der Waals surface area contributed by atoms with Crippen LogP contribution in [0, 0.1) is 0 Å². The molecule has 0 bridgehead atoms. The molecule has 0 aliphatic carbocycles. The van der Waals surface area contributed by atoms with E-state index in [1.807, 2.05) is 24.3 Å². The maximum atomic E-state index is 12.5. The minimum Gasteiger partial charge on any atom is -0.388 e. The van der Waals surface area contributed by atoms with Gasteiger partial charge in [-0.2, -0.15) is 10.1 Å². The zero-order valence-corrected chi connectivity index (χ0v) is 15.9. The second-order valence-electron chi connectivity index (χ2n) is 6.07. The van der Waals surface area contributed by atoms with Crippen LogP contribution in [0.4, 0.5) is 0 Å². The van der Waals surface area contributed by atoms with Gasteiger partial charge >= 0.3 is 0 Å². The minimum atomic E-state index is -0.754. The van der Waals surface area contributed by atoms with Gasteiger partial charge < -0.3 is 14.2 Å². The molecular formula is C17H15BrN6O3. The number of hydrogen-bond donors (Lipinski definition) is 1. The summed E-state index contributed by atoms with van der Waals surface area (Å²) < 4.78 is 9.02. The lowest BCUT2D eigenvalue weighted by atomic mass is 10.1. The maximum absolute atomic E-state index is 12.5. The van der Waals surface area contributed by atoms with Gasteiger partial charge in [0, 0.05) is 17.9 Å². The molecule has 0 saturated heterocycles. The predicted octanol–water partition coefficient (Wildman–Crippen LogP) is 1.60. The molecule has 0 aliphatic rings. The first-order chi connectivity index (χ1) is 13.0. The van der Waals surface area contributed by atoms with Crippen molar-refractivity contribution in [1.82, 2.24) is 29.5 Å². The molecule has 10 heteroatoms. The molecule has 0 aliphatic heterocycles. The largest absolute Gasteiger partial charge is 0.388 e. The molecular weight excluding hydrogens is 416 g/mol. The average molecular weight is 431 g/mol. The molecule has 0 saturated carbocycles. The van der Waals surface area contributed by atoms with Gasteiger partial charge in [0.05, 0.1) is 18.6 Å². The highest BCUT2D eigenvalue weighted by molar-refractivity contribution is 9.10. The number of aliphatic hydroxyl groups is 1. The smallest absolute Gasteiger partial charge is 0.293 e. The number of halogens is 1. The number of aliphatic hydroxyl groups excluding tert-OH is 1. The SMILES string of the molecule is Cn1cnc2cnn(Cc3nc(C[C@H](O)c4ccc(Br)cc4)no3)c(=O)c21. The second kappa shape index (κ2) is 7.05. The van der Waals surface area contributed by atoms with Crippen LogP contribution in [0.25, 0.3) is 11.0 Å². The Morgan fingerprint density at radius 2 is 2.07 bits per heavy atom. The molecule has 138 valence electrons. The Kier molecular flexibility index (Phi) is 4.58. The fourth-order valence-corrected chi connectivity index (χ4v) is 3.02. The number of imidazole rings is 1. The number of aromatic nitrogens is 6. The zero-order valence-electron chi connectivity index (χ0n) is 14.3. The van der Waals surface area contributed by atoms with Crippen molar-refractivity contribution in [3.63, 3.8) is 0 Å². The Morgan fingerprint density at radius 3 is 2.85 bits per heavy atom. The minimum absolute atomic E-state index is 0.0430. The molecule has 4 rings (SSSR count). The molecule has 1 aromatic carbocycles. The third-order valence-corrected chi connectivity index (χ3v) is 4.68. The summed E-state index contributed by atoms with van der Waals surface area (Å²) in [6.45, 7) is 0.0430. The van der Waals surface area contributed by atoms with Crippen LogP contribution in [0.1, 0.15) is 23.4 Å². The molecule has 0 spiro atoms. The van der Waals surface area contributed by atoms with Gasteiger partial charge in [-0.1, -0.05) is 33.2 Å². The van der Waals surface area contributed by atoms with Crippen molar-refractivity contribution in [3.05, 3.63) is 68.9 Å². The van der Waals surface area contributed by atoms with Crippen molar-refractivity contribution >= 4 is 27.0 Å². The fraction of sp³-hybridized carbons (Fsp3) is 0.235. The van der Waals surface area contributed by atoms with Crippen molar-refractivity contribution in [2.24, 2.45) is 7.05 Å². The number of fused-ring (bicyclic) bond motifs is 1. The lowest BCUT2D eigenvalue weighted by Crippen LogP contribution is -2.24. The van der Waals surface area contributed by atoms with E-state index in [-0.39, 0.29) is 24.4 Å². The Bertz CT molecular complexity index is 1150. The third kappa shape index (κ3) is 3.53. The van der Waals surface area contributed by atoms with E-state index in [0.717, 1.165) is 10.0 Å². The summed E-state index contributed by atoms with van der Waals surface area (Å²) in [7, 11) is 1.75. The first kappa shape index (κ1) is 17.6. The van der Waals surface area contributed by atoms with Gasteiger partial charge in [-0.25, -0.2) is 9.67 Å². The summed E-state index contributed by atoms with van der Waals surface area (Å²) in [4.78, 5) is 20.9. The Balaban J connectivity index is 1.51. The average Bonchev–Trinajstić information content (AvgIpc) is 3.25. The van der Waals surface area contributed by atoms with E-state index in [2.05, 4.69) is 36.2 Å². The van der Waals surface area contributed by atoms with Gasteiger partial charge in [-0.15, -0.1) is 0 Å². The van der Waals surface area contributed by atoms with Crippen LogP contribution in [-0.4, -0.2) is 34.6 Å². The summed E-state index contributed by atoms with van der Waals surface area (Å²) in [6.07, 6.45) is 2.53. The van der Waals surface area contributed by atoms with Crippen LogP contribution in [0.5, 0.6) is 0 Å².